The van der Waals surface area contributed by atoms with Crippen molar-refractivity contribution in [3.63, 3.8) is 0 Å². The van der Waals surface area contributed by atoms with Crippen LogP contribution in [0.25, 0.3) is 0 Å². The molecular weight excluding hydrogens is 288 g/mol. The molecule has 1 aromatic heterocycles. The van der Waals surface area contributed by atoms with Gasteiger partial charge in [-0.3, -0.25) is 0 Å². The molecule has 1 heterocycles. The minimum absolute atomic E-state index is 0.143. The van der Waals surface area contributed by atoms with Crippen molar-refractivity contribution >= 4 is 11.6 Å². The second-order valence-corrected chi connectivity index (χ2v) is 4.89. The van der Waals surface area contributed by atoms with E-state index in [4.69, 9.17) is 26.3 Å². The van der Waals surface area contributed by atoms with Crippen LogP contribution in [0.1, 0.15) is 16.7 Å². The molecule has 0 N–H and O–H groups in total. The van der Waals surface area contributed by atoms with Crippen molar-refractivity contribution in [2.75, 3.05) is 13.7 Å². The smallest absolute Gasteiger partial charge is 0.150 e. The molecule has 0 unspecified atom stereocenters. The first-order chi connectivity index (χ1) is 10.2. The lowest BCUT2D eigenvalue weighted by atomic mass is 10.1. The molecule has 0 amide bonds. The molecule has 0 saturated carbocycles. The highest BCUT2D eigenvalue weighted by atomic mass is 35.5. The van der Waals surface area contributed by atoms with E-state index in [-0.39, 0.29) is 10.7 Å². The van der Waals surface area contributed by atoms with Crippen LogP contribution >= 0.6 is 11.6 Å². The molecule has 0 aliphatic rings. The second-order valence-electron chi connectivity index (χ2n) is 4.53. The highest BCUT2D eigenvalue weighted by molar-refractivity contribution is 6.30. The maximum absolute atomic E-state index is 9.12. The van der Waals surface area contributed by atoms with Crippen LogP contribution in [0.2, 0.25) is 5.15 Å². The van der Waals surface area contributed by atoms with Gasteiger partial charge in [0.25, 0.3) is 0 Å². The zero-order valence-corrected chi connectivity index (χ0v) is 12.6. The summed E-state index contributed by atoms with van der Waals surface area (Å²) in [6.07, 6.45) is 2.36. The number of hydrogen-bond donors (Lipinski definition) is 0. The molecule has 0 fully saturated rings. The van der Waals surface area contributed by atoms with Crippen LogP contribution < -0.4 is 4.74 Å². The summed E-state index contributed by atoms with van der Waals surface area (Å²) in [5, 5.41) is 9.26. The van der Waals surface area contributed by atoms with Gasteiger partial charge in [0.2, 0.25) is 0 Å². The number of hydrogen-bond acceptors (Lipinski definition) is 4. The zero-order chi connectivity index (χ0) is 15.2. The first-order valence-corrected chi connectivity index (χ1v) is 6.84. The van der Waals surface area contributed by atoms with Gasteiger partial charge in [-0.25, -0.2) is 4.98 Å². The van der Waals surface area contributed by atoms with E-state index in [2.05, 4.69) is 4.98 Å². The topological polar surface area (TPSA) is 55.1 Å². The molecule has 0 radical (unpaired) electrons. The Balaban J connectivity index is 2.25. The van der Waals surface area contributed by atoms with E-state index >= 15 is 0 Å². The third-order valence-corrected chi connectivity index (χ3v) is 3.32. The Labute approximate surface area is 128 Å². The number of nitrogens with zero attached hydrogens (tertiary/aromatic N) is 2. The highest BCUT2D eigenvalue weighted by Crippen LogP contribution is 2.30. The molecule has 2 rings (SSSR count). The van der Waals surface area contributed by atoms with E-state index in [1.807, 2.05) is 31.2 Å². The summed E-state index contributed by atoms with van der Waals surface area (Å²) in [4.78, 5) is 3.87. The van der Waals surface area contributed by atoms with Gasteiger partial charge in [-0.15, -0.1) is 0 Å². The van der Waals surface area contributed by atoms with Crippen molar-refractivity contribution in [3.05, 3.63) is 52.3 Å². The lowest BCUT2D eigenvalue weighted by molar-refractivity contribution is 0.202. The first-order valence-electron chi connectivity index (χ1n) is 6.46. The van der Waals surface area contributed by atoms with Gasteiger partial charge in [0, 0.05) is 19.4 Å². The molecule has 1 aromatic carbocycles. The summed E-state index contributed by atoms with van der Waals surface area (Å²) in [6, 6.07) is 9.55. The van der Waals surface area contributed by atoms with Crippen molar-refractivity contribution in [1.82, 2.24) is 4.98 Å². The average molecular weight is 303 g/mol. The molecule has 0 spiro atoms. The van der Waals surface area contributed by atoms with E-state index < -0.39 is 0 Å². The Morgan fingerprint density at radius 3 is 2.76 bits per heavy atom. The maximum Gasteiger partial charge on any atom is 0.150 e. The van der Waals surface area contributed by atoms with Crippen LogP contribution in [0.15, 0.2) is 30.5 Å². The number of methoxy groups -OCH3 is 1. The van der Waals surface area contributed by atoms with E-state index in [0.29, 0.717) is 18.1 Å². The molecule has 0 bridgehead atoms. The van der Waals surface area contributed by atoms with Crippen molar-refractivity contribution in [2.45, 2.75) is 13.3 Å². The van der Waals surface area contributed by atoms with Gasteiger partial charge in [0.1, 0.15) is 23.1 Å². The Morgan fingerprint density at radius 1 is 1.29 bits per heavy atom. The SMILES string of the molecule is COCCc1ccc(Oc2ccnc(Cl)c2C#N)c(C)c1. The number of nitriles is 1. The molecule has 5 heteroatoms. The molecule has 0 saturated heterocycles. The molecule has 108 valence electrons. The Kier molecular flexibility index (Phi) is 5.15. The standard InChI is InChI=1S/C16H15ClN2O2/c1-11-9-12(6-8-20-2)3-4-14(11)21-15-5-7-19-16(17)13(15)10-18/h3-5,7,9H,6,8H2,1-2H3. The van der Waals surface area contributed by atoms with Crippen LogP contribution in [-0.2, 0) is 11.2 Å². The van der Waals surface area contributed by atoms with Gasteiger partial charge in [0.05, 0.1) is 6.61 Å². The summed E-state index contributed by atoms with van der Waals surface area (Å²) in [5.74, 6) is 1.10. The quantitative estimate of drug-likeness (QED) is 0.786. The number of rotatable bonds is 5. The number of aryl methyl sites for hydroxylation is 1. The van der Waals surface area contributed by atoms with Crippen LogP contribution in [0, 0.1) is 18.3 Å². The fourth-order valence-corrected chi connectivity index (χ4v) is 2.12. The Hall–Kier alpha value is -2.09. The van der Waals surface area contributed by atoms with Gasteiger partial charge in [-0.2, -0.15) is 5.26 Å². The van der Waals surface area contributed by atoms with Crippen LogP contribution in [0.5, 0.6) is 11.5 Å². The average Bonchev–Trinajstić information content (AvgIpc) is 2.48. The summed E-state index contributed by atoms with van der Waals surface area (Å²) in [7, 11) is 1.68. The highest BCUT2D eigenvalue weighted by Gasteiger charge is 2.11. The molecule has 0 aliphatic carbocycles. The predicted molar refractivity (Wildman–Crippen MR) is 80.8 cm³/mol. The molecule has 0 aliphatic heterocycles. The van der Waals surface area contributed by atoms with Crippen molar-refractivity contribution < 1.29 is 9.47 Å². The van der Waals surface area contributed by atoms with Crippen LogP contribution in [0.3, 0.4) is 0 Å². The summed E-state index contributed by atoms with van der Waals surface area (Å²) < 4.78 is 10.9. The minimum Gasteiger partial charge on any atom is -0.456 e. The zero-order valence-electron chi connectivity index (χ0n) is 11.9. The number of halogens is 1. The summed E-state index contributed by atoms with van der Waals surface area (Å²) in [5.41, 5.74) is 2.40. The Morgan fingerprint density at radius 2 is 2.10 bits per heavy atom. The molecule has 0 atom stereocenters. The fraction of sp³-hybridized carbons (Fsp3) is 0.250. The number of pyridine rings is 1. The van der Waals surface area contributed by atoms with Gasteiger partial charge >= 0.3 is 0 Å². The van der Waals surface area contributed by atoms with Crippen LogP contribution in [0.4, 0.5) is 0 Å². The van der Waals surface area contributed by atoms with E-state index in [1.165, 1.54) is 11.8 Å². The second kappa shape index (κ2) is 7.07. The van der Waals surface area contributed by atoms with Crippen molar-refractivity contribution in [2.24, 2.45) is 0 Å². The molecule has 2 aromatic rings. The van der Waals surface area contributed by atoms with Gasteiger partial charge in [-0.1, -0.05) is 23.7 Å². The fourth-order valence-electron chi connectivity index (χ4n) is 1.93. The van der Waals surface area contributed by atoms with Crippen LogP contribution in [-0.4, -0.2) is 18.7 Å². The van der Waals surface area contributed by atoms with Crippen molar-refractivity contribution in [1.29, 1.82) is 5.26 Å². The maximum atomic E-state index is 9.12. The molecule has 21 heavy (non-hydrogen) atoms. The lowest BCUT2D eigenvalue weighted by Crippen LogP contribution is -1.97. The molecular formula is C16H15ClN2O2. The van der Waals surface area contributed by atoms with Crippen molar-refractivity contribution in [3.8, 4) is 17.6 Å². The number of aromatic nitrogens is 1. The Bertz CT molecular complexity index is 680. The third-order valence-electron chi connectivity index (χ3n) is 3.03. The normalized spacial score (nSPS) is 10.2. The van der Waals surface area contributed by atoms with Gasteiger partial charge < -0.3 is 9.47 Å². The minimum atomic E-state index is 0.143. The summed E-state index contributed by atoms with van der Waals surface area (Å²) >= 11 is 5.89. The number of ether oxygens (including phenoxy) is 2. The van der Waals surface area contributed by atoms with E-state index in [1.54, 1.807) is 13.2 Å². The monoisotopic (exact) mass is 302 g/mol. The molecule has 4 nitrogen and oxygen atoms in total. The number of benzene rings is 1. The van der Waals surface area contributed by atoms with E-state index in [0.717, 1.165) is 12.0 Å². The first kappa shape index (κ1) is 15.3. The predicted octanol–water partition coefficient (Wildman–Crippen LogP) is 3.90. The van der Waals surface area contributed by atoms with Gasteiger partial charge in [-0.05, 0) is 30.5 Å². The third kappa shape index (κ3) is 3.72. The summed E-state index contributed by atoms with van der Waals surface area (Å²) in [6.45, 7) is 2.64. The van der Waals surface area contributed by atoms with E-state index in [9.17, 15) is 0 Å². The largest absolute Gasteiger partial charge is 0.456 e. The lowest BCUT2D eigenvalue weighted by Gasteiger charge is -2.11. The van der Waals surface area contributed by atoms with Gasteiger partial charge in [0.15, 0.2) is 5.15 Å².